The molecule has 0 saturated carbocycles. The summed E-state index contributed by atoms with van der Waals surface area (Å²) in [6.45, 7) is 8.51. The van der Waals surface area contributed by atoms with Crippen molar-refractivity contribution in [3.05, 3.63) is 0 Å². The summed E-state index contributed by atoms with van der Waals surface area (Å²) in [7, 11) is 0. The zero-order valence-electron chi connectivity index (χ0n) is 11.2. The van der Waals surface area contributed by atoms with Gasteiger partial charge in [-0.05, 0) is 20.0 Å². The van der Waals surface area contributed by atoms with Crippen LogP contribution < -0.4 is 16.4 Å². The maximum absolute atomic E-state index is 11.5. The second kappa shape index (κ2) is 8.82. The summed E-state index contributed by atoms with van der Waals surface area (Å²) in [4.78, 5) is 25.2. The van der Waals surface area contributed by atoms with E-state index in [9.17, 15) is 9.59 Å². The molecule has 7 heteroatoms. The summed E-state index contributed by atoms with van der Waals surface area (Å²) in [6.07, 6.45) is 0. The largest absolute Gasteiger partial charge is 0.392 e. The van der Waals surface area contributed by atoms with Crippen molar-refractivity contribution in [1.29, 1.82) is 0 Å². The summed E-state index contributed by atoms with van der Waals surface area (Å²) in [5.74, 6) is -1.37. The van der Waals surface area contributed by atoms with E-state index in [1.165, 1.54) is 0 Å². The Bertz CT molecular complexity index is 305. The molecule has 0 aliphatic heterocycles. The molecule has 0 saturated heterocycles. The molecule has 0 aromatic heterocycles. The summed E-state index contributed by atoms with van der Waals surface area (Å²) in [5, 5.41) is 4.96. The van der Waals surface area contributed by atoms with Crippen LogP contribution in [-0.2, 0) is 9.59 Å². The van der Waals surface area contributed by atoms with Gasteiger partial charge < -0.3 is 21.3 Å². The molecule has 0 rings (SSSR count). The Hall–Kier alpha value is -1.21. The fourth-order valence-electron chi connectivity index (χ4n) is 1.45. The van der Waals surface area contributed by atoms with Crippen molar-refractivity contribution in [2.45, 2.75) is 26.8 Å². The second-order valence-electron chi connectivity index (χ2n) is 4.01. The highest BCUT2D eigenvalue weighted by molar-refractivity contribution is 7.80. The minimum atomic E-state index is -0.714. The van der Waals surface area contributed by atoms with Gasteiger partial charge in [0.25, 0.3) is 0 Å². The molecule has 0 aromatic rings. The van der Waals surface area contributed by atoms with Gasteiger partial charge in [-0.3, -0.25) is 9.59 Å². The molecule has 4 N–H and O–H groups in total. The zero-order valence-corrected chi connectivity index (χ0v) is 12.0. The number of rotatable bonds is 7. The molecule has 1 atom stereocenters. The molecule has 2 amide bonds. The predicted octanol–water partition coefficient (Wildman–Crippen LogP) is -0.765. The topological polar surface area (TPSA) is 87.5 Å². The van der Waals surface area contributed by atoms with Gasteiger partial charge in [0.2, 0.25) is 0 Å². The van der Waals surface area contributed by atoms with Crippen LogP contribution in [0.4, 0.5) is 0 Å². The van der Waals surface area contributed by atoms with Gasteiger partial charge >= 0.3 is 11.8 Å². The molecule has 0 spiro atoms. The number of nitrogens with zero attached hydrogens (tertiary/aromatic N) is 1. The third-order valence-electron chi connectivity index (χ3n) is 2.43. The first-order valence-corrected chi connectivity index (χ1v) is 6.40. The maximum atomic E-state index is 11.5. The molecular weight excluding hydrogens is 252 g/mol. The number of nitrogens with one attached hydrogen (secondary N) is 2. The van der Waals surface area contributed by atoms with E-state index in [1.54, 1.807) is 0 Å². The molecule has 104 valence electrons. The first kappa shape index (κ1) is 16.8. The Morgan fingerprint density at radius 3 is 2.28 bits per heavy atom. The Kier molecular flexibility index (Phi) is 8.23. The highest BCUT2D eigenvalue weighted by atomic mass is 32.1. The predicted molar refractivity (Wildman–Crippen MR) is 75.2 cm³/mol. The van der Waals surface area contributed by atoms with E-state index < -0.39 is 11.8 Å². The van der Waals surface area contributed by atoms with E-state index in [4.69, 9.17) is 5.73 Å². The van der Waals surface area contributed by atoms with E-state index in [-0.39, 0.29) is 17.6 Å². The third-order valence-corrected chi connectivity index (χ3v) is 2.58. The standard InChI is InChI=1S/C11H22N4O2S/c1-4-15(5-2)7-8(3)14-11(17)10(16)13-6-9(12)18/h8H,4-7H2,1-3H3,(H2,12,18)(H,13,16)(H,14,17). The molecule has 0 heterocycles. The van der Waals surface area contributed by atoms with Crippen molar-refractivity contribution in [3.8, 4) is 0 Å². The normalized spacial score (nSPS) is 12.0. The van der Waals surface area contributed by atoms with Gasteiger partial charge in [-0.25, -0.2) is 0 Å². The molecule has 0 radical (unpaired) electrons. The molecule has 0 aromatic carbocycles. The summed E-state index contributed by atoms with van der Waals surface area (Å²) < 4.78 is 0. The van der Waals surface area contributed by atoms with Gasteiger partial charge in [0.15, 0.2) is 0 Å². The molecule has 0 bridgehead atoms. The Morgan fingerprint density at radius 1 is 1.28 bits per heavy atom. The number of likely N-dealkylation sites (N-methyl/N-ethyl adjacent to an activating group) is 1. The quantitative estimate of drug-likeness (QED) is 0.419. The number of thiocarbonyl (C=S) groups is 1. The van der Waals surface area contributed by atoms with Gasteiger partial charge in [0.05, 0.1) is 11.5 Å². The van der Waals surface area contributed by atoms with Crippen LogP contribution >= 0.6 is 12.2 Å². The zero-order chi connectivity index (χ0) is 14.1. The van der Waals surface area contributed by atoms with Crippen LogP contribution in [0, 0.1) is 0 Å². The van der Waals surface area contributed by atoms with E-state index in [0.29, 0.717) is 6.54 Å². The monoisotopic (exact) mass is 274 g/mol. The van der Waals surface area contributed by atoms with Gasteiger partial charge in [0.1, 0.15) is 0 Å². The molecular formula is C11H22N4O2S. The fourth-order valence-corrected chi connectivity index (χ4v) is 1.52. The maximum Gasteiger partial charge on any atom is 0.309 e. The number of carbonyl (C=O) groups excluding carboxylic acids is 2. The van der Waals surface area contributed by atoms with Crippen LogP contribution in [0.5, 0.6) is 0 Å². The van der Waals surface area contributed by atoms with Crippen LogP contribution in [0.3, 0.4) is 0 Å². The molecule has 18 heavy (non-hydrogen) atoms. The SMILES string of the molecule is CCN(CC)CC(C)NC(=O)C(=O)NCC(N)=S. The first-order valence-electron chi connectivity index (χ1n) is 6.00. The van der Waals surface area contributed by atoms with E-state index in [2.05, 4.69) is 27.8 Å². The lowest BCUT2D eigenvalue weighted by atomic mass is 10.3. The van der Waals surface area contributed by atoms with Crippen molar-refractivity contribution in [2.24, 2.45) is 5.73 Å². The van der Waals surface area contributed by atoms with Crippen LogP contribution in [-0.4, -0.2) is 53.9 Å². The van der Waals surface area contributed by atoms with Crippen LogP contribution in [0.2, 0.25) is 0 Å². The van der Waals surface area contributed by atoms with Crippen LogP contribution in [0.15, 0.2) is 0 Å². The molecule has 6 nitrogen and oxygen atoms in total. The lowest BCUT2D eigenvalue weighted by molar-refractivity contribution is -0.139. The van der Waals surface area contributed by atoms with Gasteiger partial charge in [-0.15, -0.1) is 0 Å². The Balaban J connectivity index is 4.06. The third kappa shape index (κ3) is 7.18. The number of hydrogen-bond donors (Lipinski definition) is 3. The molecule has 0 aliphatic carbocycles. The Morgan fingerprint density at radius 2 is 1.83 bits per heavy atom. The molecule has 1 unspecified atom stereocenters. The van der Waals surface area contributed by atoms with E-state index >= 15 is 0 Å². The molecule has 0 fully saturated rings. The number of amides is 2. The van der Waals surface area contributed by atoms with Gasteiger partial charge in [-0.2, -0.15) is 0 Å². The highest BCUT2D eigenvalue weighted by Gasteiger charge is 2.16. The number of carbonyl (C=O) groups is 2. The van der Waals surface area contributed by atoms with Crippen molar-refractivity contribution < 1.29 is 9.59 Å². The van der Waals surface area contributed by atoms with Crippen molar-refractivity contribution in [3.63, 3.8) is 0 Å². The van der Waals surface area contributed by atoms with E-state index in [0.717, 1.165) is 13.1 Å². The fraction of sp³-hybridized carbons (Fsp3) is 0.727. The second-order valence-corrected chi connectivity index (χ2v) is 4.53. The van der Waals surface area contributed by atoms with Crippen LogP contribution in [0.1, 0.15) is 20.8 Å². The summed E-state index contributed by atoms with van der Waals surface area (Å²) >= 11 is 4.60. The Labute approximate surface area is 113 Å². The lowest BCUT2D eigenvalue weighted by Crippen LogP contribution is -2.48. The average Bonchev–Trinajstić information content (AvgIpc) is 2.32. The summed E-state index contributed by atoms with van der Waals surface area (Å²) in [6, 6.07) is -0.0898. The van der Waals surface area contributed by atoms with Gasteiger partial charge in [0, 0.05) is 12.6 Å². The van der Waals surface area contributed by atoms with Crippen molar-refractivity contribution in [2.75, 3.05) is 26.2 Å². The first-order chi connectivity index (χ1) is 8.40. The van der Waals surface area contributed by atoms with Crippen LogP contribution in [0.25, 0.3) is 0 Å². The highest BCUT2D eigenvalue weighted by Crippen LogP contribution is 1.91. The van der Waals surface area contributed by atoms with Crippen molar-refractivity contribution >= 4 is 29.0 Å². The van der Waals surface area contributed by atoms with Gasteiger partial charge in [-0.1, -0.05) is 26.1 Å². The lowest BCUT2D eigenvalue weighted by Gasteiger charge is -2.23. The van der Waals surface area contributed by atoms with E-state index in [1.807, 2.05) is 20.8 Å². The number of hydrogen-bond acceptors (Lipinski definition) is 4. The van der Waals surface area contributed by atoms with Crippen molar-refractivity contribution in [1.82, 2.24) is 15.5 Å². The minimum Gasteiger partial charge on any atom is -0.392 e. The minimum absolute atomic E-state index is 0.0337. The number of nitrogens with two attached hydrogens (primary N) is 1. The molecule has 0 aliphatic rings. The summed E-state index contributed by atoms with van der Waals surface area (Å²) in [5.41, 5.74) is 5.22. The smallest absolute Gasteiger partial charge is 0.309 e. The average molecular weight is 274 g/mol.